The second-order valence-electron chi connectivity index (χ2n) is 7.49. The Kier molecular flexibility index (Phi) is 8.26. The van der Waals surface area contributed by atoms with Crippen LogP contribution in [0.3, 0.4) is 0 Å². The van der Waals surface area contributed by atoms with Crippen LogP contribution in [0.5, 0.6) is 0 Å². The van der Waals surface area contributed by atoms with Crippen molar-refractivity contribution < 1.29 is 27.5 Å². The molecule has 2 aromatic rings. The predicted octanol–water partition coefficient (Wildman–Crippen LogP) is 0.626. The molecule has 1 atom stereocenters. The summed E-state index contributed by atoms with van der Waals surface area (Å²) in [5.74, 6) is -1.74. The standard InChI is InChI=1S/C22H26N4O6S/c23-22(29)17-7-2-1-6-16(17)15-32-13-10-21(28)26(18-8-5-11-24-14-19(18)27)33(30,31)20-9-3-4-12-25-20/h1-4,6-7,9,12,18,24H,5,8,10-11,13-15H2,(H2,23,29)/t18-/m0/s1. The van der Waals surface area contributed by atoms with Gasteiger partial charge in [-0.2, -0.15) is 8.42 Å². The molecule has 1 aromatic carbocycles. The second-order valence-corrected chi connectivity index (χ2v) is 9.25. The first kappa shape index (κ1) is 24.5. The average Bonchev–Trinajstić information content (AvgIpc) is 3.02. The van der Waals surface area contributed by atoms with Crippen molar-refractivity contribution >= 4 is 27.6 Å². The van der Waals surface area contributed by atoms with Gasteiger partial charge in [0.05, 0.1) is 26.2 Å². The maximum Gasteiger partial charge on any atom is 0.284 e. The third kappa shape index (κ3) is 6.01. The van der Waals surface area contributed by atoms with Gasteiger partial charge in [-0.3, -0.25) is 14.4 Å². The first-order valence-electron chi connectivity index (χ1n) is 10.5. The third-order valence-electron chi connectivity index (χ3n) is 5.19. The lowest BCUT2D eigenvalue weighted by atomic mass is 10.1. The largest absolute Gasteiger partial charge is 0.376 e. The van der Waals surface area contributed by atoms with E-state index in [1.54, 1.807) is 30.3 Å². The van der Waals surface area contributed by atoms with Gasteiger partial charge in [0.2, 0.25) is 11.8 Å². The number of Topliss-reactive ketones (excluding diaryl/α,β-unsaturated/α-hetero) is 1. The van der Waals surface area contributed by atoms with E-state index in [2.05, 4.69) is 10.3 Å². The molecule has 0 radical (unpaired) electrons. The number of nitrogens with two attached hydrogens (primary N) is 1. The molecule has 2 amide bonds. The maximum atomic E-state index is 13.3. The number of carbonyl (C=O) groups is 3. The molecule has 33 heavy (non-hydrogen) atoms. The van der Waals surface area contributed by atoms with E-state index >= 15 is 0 Å². The van der Waals surface area contributed by atoms with E-state index in [1.165, 1.54) is 18.3 Å². The molecule has 3 N–H and O–H groups in total. The van der Waals surface area contributed by atoms with Gasteiger partial charge in [0.25, 0.3) is 10.0 Å². The van der Waals surface area contributed by atoms with Crippen molar-refractivity contribution in [2.24, 2.45) is 5.73 Å². The Morgan fingerprint density at radius 2 is 1.94 bits per heavy atom. The quantitative estimate of drug-likeness (QED) is 0.503. The molecule has 11 heteroatoms. The highest BCUT2D eigenvalue weighted by Crippen LogP contribution is 2.22. The van der Waals surface area contributed by atoms with Crippen LogP contribution in [0.2, 0.25) is 0 Å². The zero-order valence-electron chi connectivity index (χ0n) is 18.0. The van der Waals surface area contributed by atoms with Crippen molar-refractivity contribution in [1.82, 2.24) is 14.6 Å². The fourth-order valence-electron chi connectivity index (χ4n) is 3.57. The lowest BCUT2D eigenvalue weighted by Gasteiger charge is -2.29. The Morgan fingerprint density at radius 3 is 2.67 bits per heavy atom. The van der Waals surface area contributed by atoms with Crippen molar-refractivity contribution in [3.8, 4) is 0 Å². The van der Waals surface area contributed by atoms with Crippen LogP contribution < -0.4 is 11.1 Å². The number of ether oxygens (including phenoxy) is 1. The van der Waals surface area contributed by atoms with E-state index in [9.17, 15) is 22.8 Å². The number of benzene rings is 1. The van der Waals surface area contributed by atoms with Gasteiger partial charge in [0.15, 0.2) is 10.8 Å². The number of ketones is 1. The molecule has 176 valence electrons. The summed E-state index contributed by atoms with van der Waals surface area (Å²) in [6.45, 7) is 0.438. The van der Waals surface area contributed by atoms with Crippen LogP contribution in [0.4, 0.5) is 0 Å². The zero-order valence-corrected chi connectivity index (χ0v) is 18.8. The fraction of sp³-hybridized carbons (Fsp3) is 0.364. The van der Waals surface area contributed by atoms with E-state index in [0.29, 0.717) is 28.4 Å². The lowest BCUT2D eigenvalue weighted by Crippen LogP contribution is -2.50. The van der Waals surface area contributed by atoms with E-state index in [-0.39, 0.29) is 43.4 Å². The van der Waals surface area contributed by atoms with Gasteiger partial charge in [-0.25, -0.2) is 9.29 Å². The first-order chi connectivity index (χ1) is 15.8. The van der Waals surface area contributed by atoms with Crippen molar-refractivity contribution in [2.75, 3.05) is 19.7 Å². The number of amides is 2. The molecule has 1 saturated heterocycles. The summed E-state index contributed by atoms with van der Waals surface area (Å²) >= 11 is 0. The number of pyridine rings is 1. The minimum Gasteiger partial charge on any atom is -0.376 e. The molecule has 0 saturated carbocycles. The number of rotatable bonds is 9. The van der Waals surface area contributed by atoms with Gasteiger partial charge in [-0.1, -0.05) is 24.3 Å². The monoisotopic (exact) mass is 474 g/mol. The number of nitrogens with zero attached hydrogens (tertiary/aromatic N) is 2. The Hall–Kier alpha value is -3.15. The molecule has 1 aliphatic heterocycles. The molecule has 3 rings (SSSR count). The number of sulfonamides is 1. The summed E-state index contributed by atoms with van der Waals surface area (Å²) in [7, 11) is -4.35. The van der Waals surface area contributed by atoms with E-state index in [1.807, 2.05) is 0 Å². The normalized spacial score (nSPS) is 16.7. The van der Waals surface area contributed by atoms with Crippen LogP contribution >= 0.6 is 0 Å². The Balaban J connectivity index is 1.76. The molecule has 0 spiro atoms. The molecule has 0 unspecified atom stereocenters. The van der Waals surface area contributed by atoms with Crippen LogP contribution in [0, 0.1) is 0 Å². The minimum atomic E-state index is -4.35. The van der Waals surface area contributed by atoms with Crippen LogP contribution in [-0.2, 0) is 31.0 Å². The minimum absolute atomic E-state index is 0.0195. The van der Waals surface area contributed by atoms with Gasteiger partial charge < -0.3 is 15.8 Å². The predicted molar refractivity (Wildman–Crippen MR) is 118 cm³/mol. The number of hydrogen-bond donors (Lipinski definition) is 2. The molecule has 0 aliphatic carbocycles. The van der Waals surface area contributed by atoms with Crippen molar-refractivity contribution in [3.05, 3.63) is 59.8 Å². The highest BCUT2D eigenvalue weighted by molar-refractivity contribution is 7.89. The smallest absolute Gasteiger partial charge is 0.284 e. The summed E-state index contributed by atoms with van der Waals surface area (Å²) in [4.78, 5) is 41.1. The van der Waals surface area contributed by atoms with Gasteiger partial charge in [-0.05, 0) is 43.1 Å². The van der Waals surface area contributed by atoms with Gasteiger partial charge in [0, 0.05) is 11.8 Å². The molecular formula is C22H26N4O6S. The van der Waals surface area contributed by atoms with Gasteiger partial charge >= 0.3 is 0 Å². The summed E-state index contributed by atoms with van der Waals surface area (Å²) in [5, 5.41) is 2.63. The highest BCUT2D eigenvalue weighted by atomic mass is 32.2. The van der Waals surface area contributed by atoms with Crippen LogP contribution in [0.15, 0.2) is 53.7 Å². The molecule has 0 bridgehead atoms. The van der Waals surface area contributed by atoms with Crippen molar-refractivity contribution in [3.63, 3.8) is 0 Å². The molecule has 10 nitrogen and oxygen atoms in total. The van der Waals surface area contributed by atoms with Crippen molar-refractivity contribution in [2.45, 2.75) is 36.9 Å². The zero-order chi connectivity index (χ0) is 23.8. The van der Waals surface area contributed by atoms with Crippen molar-refractivity contribution in [1.29, 1.82) is 0 Å². The molecular weight excluding hydrogens is 448 g/mol. The molecule has 2 heterocycles. The fourth-order valence-corrected chi connectivity index (χ4v) is 5.14. The summed E-state index contributed by atoms with van der Waals surface area (Å²) in [6.07, 6.45) is 1.79. The maximum absolute atomic E-state index is 13.3. The van der Waals surface area contributed by atoms with E-state index in [0.717, 1.165) is 0 Å². The van der Waals surface area contributed by atoms with E-state index < -0.39 is 27.9 Å². The Labute approximate surface area is 192 Å². The van der Waals surface area contributed by atoms with Gasteiger partial charge in [-0.15, -0.1) is 0 Å². The molecule has 1 aromatic heterocycles. The van der Waals surface area contributed by atoms with Crippen LogP contribution in [-0.4, -0.2) is 61.0 Å². The van der Waals surface area contributed by atoms with Crippen LogP contribution in [0.1, 0.15) is 35.2 Å². The van der Waals surface area contributed by atoms with E-state index in [4.69, 9.17) is 10.5 Å². The number of nitrogens with one attached hydrogen (secondary N) is 1. The Bertz CT molecular complexity index is 1110. The topological polar surface area (TPSA) is 149 Å². The van der Waals surface area contributed by atoms with Crippen LogP contribution in [0.25, 0.3) is 0 Å². The summed E-state index contributed by atoms with van der Waals surface area (Å²) < 4.78 is 32.7. The average molecular weight is 475 g/mol. The first-order valence-corrected chi connectivity index (χ1v) is 11.9. The Morgan fingerprint density at radius 1 is 1.18 bits per heavy atom. The molecule has 1 fully saturated rings. The summed E-state index contributed by atoms with van der Waals surface area (Å²) in [5.41, 5.74) is 6.21. The van der Waals surface area contributed by atoms with Gasteiger partial charge in [0.1, 0.15) is 6.04 Å². The number of carbonyl (C=O) groups excluding carboxylic acids is 3. The molecule has 1 aliphatic rings. The summed E-state index contributed by atoms with van der Waals surface area (Å²) in [6, 6.07) is 9.87. The lowest BCUT2D eigenvalue weighted by molar-refractivity contribution is -0.134. The number of aromatic nitrogens is 1. The highest BCUT2D eigenvalue weighted by Gasteiger charge is 2.40. The number of primary amides is 1. The second kappa shape index (κ2) is 11.1. The third-order valence-corrected chi connectivity index (χ3v) is 6.94. The SMILES string of the molecule is NC(=O)c1ccccc1COCCC(=O)N([C@H]1CCCNCC1=O)S(=O)(=O)c1ccccn1. The number of hydrogen-bond acceptors (Lipinski definition) is 8.